The first-order valence-electron chi connectivity index (χ1n) is 4.59. The van der Waals surface area contributed by atoms with Crippen LogP contribution in [0.25, 0.3) is 6.08 Å². The van der Waals surface area contributed by atoms with Crippen molar-refractivity contribution >= 4 is 28.6 Å². The molecule has 1 rings (SSSR count). The van der Waals surface area contributed by atoms with E-state index in [0.717, 1.165) is 0 Å². The van der Waals surface area contributed by atoms with E-state index in [4.69, 9.17) is 11.6 Å². The lowest BCUT2D eigenvalue weighted by Crippen LogP contribution is -1.99. The van der Waals surface area contributed by atoms with Crippen LogP contribution in [0.5, 0.6) is 0 Å². The highest BCUT2D eigenvalue weighted by Crippen LogP contribution is 2.25. The number of aryl methyl sites for hydroxylation is 1. The van der Waals surface area contributed by atoms with Crippen LogP contribution in [-0.4, -0.2) is 10.2 Å². The number of carbonyl (C=O) groups excluding carboxylic acids is 1. The first-order valence-corrected chi connectivity index (χ1v) is 4.96. The third-order valence-corrected chi connectivity index (χ3v) is 2.33. The van der Waals surface area contributed by atoms with Gasteiger partial charge in [0.15, 0.2) is 0 Å². The van der Waals surface area contributed by atoms with Crippen molar-refractivity contribution in [2.24, 2.45) is 0 Å². The number of nitro benzene ring substituents is 1. The Kier molecular flexibility index (Phi) is 3.79. The first kappa shape index (κ1) is 12.4. The Labute approximate surface area is 97.7 Å². The average Bonchev–Trinajstić information content (AvgIpc) is 2.17. The zero-order valence-corrected chi connectivity index (χ0v) is 9.62. The predicted octanol–water partition coefficient (Wildman–Crippen LogP) is 3.32. The van der Waals surface area contributed by atoms with Gasteiger partial charge < -0.3 is 0 Å². The van der Waals surface area contributed by atoms with Crippen molar-refractivity contribution in [1.82, 2.24) is 0 Å². The van der Waals surface area contributed by atoms with E-state index < -0.39 is 10.2 Å². The highest BCUT2D eigenvalue weighted by atomic mass is 35.5. The summed E-state index contributed by atoms with van der Waals surface area (Å²) in [5.41, 5.74) is 1.14. The molecule has 16 heavy (non-hydrogen) atoms. The monoisotopic (exact) mass is 239 g/mol. The van der Waals surface area contributed by atoms with Crippen molar-refractivity contribution < 1.29 is 9.72 Å². The molecule has 1 aromatic carbocycles. The van der Waals surface area contributed by atoms with Crippen molar-refractivity contribution in [2.45, 2.75) is 13.8 Å². The SMILES string of the molecule is C/C=C\c1cc(C)c(C(=O)Cl)cc1[N+](=O)[O-]. The van der Waals surface area contributed by atoms with E-state index in [1.165, 1.54) is 6.07 Å². The van der Waals surface area contributed by atoms with Gasteiger partial charge in [0.1, 0.15) is 0 Å². The summed E-state index contributed by atoms with van der Waals surface area (Å²) in [7, 11) is 0. The van der Waals surface area contributed by atoms with Crippen molar-refractivity contribution in [1.29, 1.82) is 0 Å². The Morgan fingerprint density at radius 2 is 2.12 bits per heavy atom. The lowest BCUT2D eigenvalue weighted by atomic mass is 10.0. The van der Waals surface area contributed by atoms with E-state index in [2.05, 4.69) is 0 Å². The van der Waals surface area contributed by atoms with E-state index in [9.17, 15) is 14.9 Å². The van der Waals surface area contributed by atoms with Crippen LogP contribution in [0.15, 0.2) is 18.2 Å². The molecule has 0 amide bonds. The zero-order chi connectivity index (χ0) is 12.3. The molecule has 0 aromatic heterocycles. The Hall–Kier alpha value is -1.68. The van der Waals surface area contributed by atoms with Crippen LogP contribution in [0, 0.1) is 17.0 Å². The zero-order valence-electron chi connectivity index (χ0n) is 8.86. The maximum atomic E-state index is 11.0. The van der Waals surface area contributed by atoms with Gasteiger partial charge in [0.25, 0.3) is 10.9 Å². The van der Waals surface area contributed by atoms with Crippen LogP contribution in [-0.2, 0) is 0 Å². The Morgan fingerprint density at radius 3 is 2.56 bits per heavy atom. The maximum Gasteiger partial charge on any atom is 0.277 e. The summed E-state index contributed by atoms with van der Waals surface area (Å²) in [4.78, 5) is 21.3. The summed E-state index contributed by atoms with van der Waals surface area (Å²) in [6, 6.07) is 2.79. The van der Waals surface area contributed by atoms with Crippen LogP contribution >= 0.6 is 11.6 Å². The second-order valence-corrected chi connectivity index (χ2v) is 3.60. The van der Waals surface area contributed by atoms with Crippen molar-refractivity contribution in [2.75, 3.05) is 0 Å². The summed E-state index contributed by atoms with van der Waals surface area (Å²) in [6.45, 7) is 3.45. The van der Waals surface area contributed by atoms with E-state index in [1.807, 2.05) is 0 Å². The number of rotatable bonds is 3. The molecule has 0 spiro atoms. The van der Waals surface area contributed by atoms with Gasteiger partial charge in [-0.15, -0.1) is 0 Å². The lowest BCUT2D eigenvalue weighted by molar-refractivity contribution is -0.385. The van der Waals surface area contributed by atoms with E-state index in [-0.39, 0.29) is 11.3 Å². The molecule has 1 aromatic rings. The molecule has 0 N–H and O–H groups in total. The summed E-state index contributed by atoms with van der Waals surface area (Å²) >= 11 is 5.33. The van der Waals surface area contributed by atoms with Crippen molar-refractivity contribution in [3.8, 4) is 0 Å². The molecule has 0 aliphatic carbocycles. The Bertz CT molecular complexity index is 480. The fourth-order valence-electron chi connectivity index (χ4n) is 1.40. The fourth-order valence-corrected chi connectivity index (χ4v) is 1.61. The summed E-state index contributed by atoms with van der Waals surface area (Å²) in [5, 5.41) is 10.1. The minimum absolute atomic E-state index is 0.118. The molecule has 0 saturated carbocycles. The predicted molar refractivity (Wildman–Crippen MR) is 62.7 cm³/mol. The molecule has 0 heterocycles. The number of carbonyl (C=O) groups is 1. The summed E-state index contributed by atoms with van der Waals surface area (Å²) < 4.78 is 0. The van der Waals surface area contributed by atoms with Crippen molar-refractivity contribution in [3.05, 3.63) is 45.0 Å². The van der Waals surface area contributed by atoms with Crippen molar-refractivity contribution in [3.63, 3.8) is 0 Å². The van der Waals surface area contributed by atoms with Gasteiger partial charge in [-0.1, -0.05) is 12.2 Å². The number of benzene rings is 1. The fraction of sp³-hybridized carbons (Fsp3) is 0.182. The highest BCUT2D eigenvalue weighted by molar-refractivity contribution is 6.68. The molecule has 84 valence electrons. The summed E-state index contributed by atoms with van der Waals surface area (Å²) in [6.07, 6.45) is 3.32. The standard InChI is InChI=1S/C11H10ClNO3/c1-3-4-8-5-7(2)9(11(12)14)6-10(8)13(15)16/h3-6H,1-2H3/b4-3-. The smallest absolute Gasteiger partial charge is 0.276 e. The van der Waals surface area contributed by atoms with Gasteiger partial charge >= 0.3 is 0 Å². The molecule has 0 radical (unpaired) electrons. The van der Waals surface area contributed by atoms with E-state index in [1.54, 1.807) is 32.1 Å². The quantitative estimate of drug-likeness (QED) is 0.462. The topological polar surface area (TPSA) is 60.2 Å². The third kappa shape index (κ3) is 2.46. The molecule has 0 aliphatic rings. The molecule has 0 bridgehead atoms. The van der Waals surface area contributed by atoms with Gasteiger partial charge in [-0.2, -0.15) is 0 Å². The molecule has 0 atom stereocenters. The van der Waals surface area contributed by atoms with E-state index in [0.29, 0.717) is 11.1 Å². The normalized spacial score (nSPS) is 10.7. The van der Waals surface area contributed by atoms with Gasteiger partial charge in [0.05, 0.1) is 10.5 Å². The minimum atomic E-state index is -0.687. The van der Waals surface area contributed by atoms with Crippen LogP contribution in [0.2, 0.25) is 0 Å². The molecule has 0 unspecified atom stereocenters. The third-order valence-electron chi connectivity index (χ3n) is 2.13. The molecule has 0 aliphatic heterocycles. The second kappa shape index (κ2) is 4.90. The number of nitro groups is 1. The van der Waals surface area contributed by atoms with Crippen LogP contribution in [0.1, 0.15) is 28.4 Å². The number of hydrogen-bond acceptors (Lipinski definition) is 3. The van der Waals surface area contributed by atoms with E-state index >= 15 is 0 Å². The van der Waals surface area contributed by atoms with Crippen LogP contribution in [0.3, 0.4) is 0 Å². The van der Waals surface area contributed by atoms with Crippen LogP contribution in [0.4, 0.5) is 5.69 Å². The van der Waals surface area contributed by atoms with Gasteiger partial charge in [-0.25, -0.2) is 0 Å². The number of allylic oxidation sites excluding steroid dienone is 1. The van der Waals surface area contributed by atoms with Gasteiger partial charge in [0.2, 0.25) is 0 Å². The molecule has 4 nitrogen and oxygen atoms in total. The molecule has 0 fully saturated rings. The summed E-state index contributed by atoms with van der Waals surface area (Å²) in [5.74, 6) is 0. The number of nitrogens with zero attached hydrogens (tertiary/aromatic N) is 1. The maximum absolute atomic E-state index is 11.0. The first-order chi connectivity index (χ1) is 7.47. The van der Waals surface area contributed by atoms with Gasteiger partial charge in [0, 0.05) is 11.6 Å². The average molecular weight is 240 g/mol. The van der Waals surface area contributed by atoms with Gasteiger partial charge in [-0.05, 0) is 37.1 Å². The number of halogens is 1. The number of hydrogen-bond donors (Lipinski definition) is 0. The molecular weight excluding hydrogens is 230 g/mol. The Balaban J connectivity index is 3.49. The van der Waals surface area contributed by atoms with Gasteiger partial charge in [-0.3, -0.25) is 14.9 Å². The second-order valence-electron chi connectivity index (χ2n) is 3.26. The molecule has 0 saturated heterocycles. The minimum Gasteiger partial charge on any atom is -0.276 e. The highest BCUT2D eigenvalue weighted by Gasteiger charge is 2.17. The Morgan fingerprint density at radius 1 is 1.50 bits per heavy atom. The lowest BCUT2D eigenvalue weighted by Gasteiger charge is -2.03. The molecule has 5 heteroatoms. The molecular formula is C11H10ClNO3. The van der Waals surface area contributed by atoms with Crippen LogP contribution < -0.4 is 0 Å². The largest absolute Gasteiger partial charge is 0.277 e.